The van der Waals surface area contributed by atoms with Crippen LogP contribution in [0.5, 0.6) is 0 Å². The lowest BCUT2D eigenvalue weighted by Gasteiger charge is -2.23. The third kappa shape index (κ3) is 5.96. The molecule has 18 heavy (non-hydrogen) atoms. The van der Waals surface area contributed by atoms with Crippen molar-refractivity contribution in [1.29, 1.82) is 0 Å². The molecule has 4 heteroatoms. The number of ether oxygens (including phenoxy) is 1. The SMILES string of the molecule is C=CCN(CCO)CC1CCC(CNC(C)C)O1. The van der Waals surface area contributed by atoms with Crippen molar-refractivity contribution in [1.82, 2.24) is 10.2 Å². The van der Waals surface area contributed by atoms with Gasteiger partial charge < -0.3 is 15.2 Å². The molecule has 0 aliphatic carbocycles. The molecule has 0 saturated carbocycles. The summed E-state index contributed by atoms with van der Waals surface area (Å²) in [5.74, 6) is 0. The van der Waals surface area contributed by atoms with E-state index in [2.05, 4.69) is 30.6 Å². The van der Waals surface area contributed by atoms with Crippen LogP contribution in [0, 0.1) is 0 Å². The molecule has 106 valence electrons. The Kier molecular flexibility index (Phi) is 7.51. The second-order valence-corrected chi connectivity index (χ2v) is 5.29. The largest absolute Gasteiger partial charge is 0.395 e. The highest BCUT2D eigenvalue weighted by Gasteiger charge is 2.26. The van der Waals surface area contributed by atoms with E-state index < -0.39 is 0 Å². The topological polar surface area (TPSA) is 44.7 Å². The van der Waals surface area contributed by atoms with Gasteiger partial charge >= 0.3 is 0 Å². The average molecular weight is 256 g/mol. The monoisotopic (exact) mass is 256 g/mol. The zero-order chi connectivity index (χ0) is 13.4. The molecule has 1 aliphatic heterocycles. The van der Waals surface area contributed by atoms with E-state index in [1.54, 1.807) is 0 Å². The molecule has 2 atom stereocenters. The number of aliphatic hydroxyl groups excluding tert-OH is 1. The van der Waals surface area contributed by atoms with Gasteiger partial charge in [-0.25, -0.2) is 0 Å². The number of hydrogen-bond donors (Lipinski definition) is 2. The first-order valence-corrected chi connectivity index (χ1v) is 6.98. The maximum Gasteiger partial charge on any atom is 0.0707 e. The van der Waals surface area contributed by atoms with Crippen LogP contribution in [0.15, 0.2) is 12.7 Å². The van der Waals surface area contributed by atoms with Crippen LogP contribution in [0.25, 0.3) is 0 Å². The molecule has 1 aliphatic rings. The molecule has 0 amide bonds. The summed E-state index contributed by atoms with van der Waals surface area (Å²) in [6, 6.07) is 0.513. The number of rotatable bonds is 9. The maximum atomic E-state index is 9.01. The molecule has 1 heterocycles. The molecule has 1 saturated heterocycles. The Bertz CT molecular complexity index is 234. The minimum absolute atomic E-state index is 0.193. The Labute approximate surface area is 111 Å². The molecule has 0 aromatic carbocycles. The predicted octanol–water partition coefficient (Wildman–Crippen LogP) is 1.01. The first-order valence-electron chi connectivity index (χ1n) is 6.98. The predicted molar refractivity (Wildman–Crippen MR) is 74.8 cm³/mol. The van der Waals surface area contributed by atoms with Crippen LogP contribution < -0.4 is 5.32 Å². The smallest absolute Gasteiger partial charge is 0.0707 e. The Morgan fingerprint density at radius 2 is 2.17 bits per heavy atom. The minimum atomic E-state index is 0.193. The van der Waals surface area contributed by atoms with Gasteiger partial charge in [0.1, 0.15) is 0 Å². The van der Waals surface area contributed by atoms with Gasteiger partial charge in [-0.15, -0.1) is 6.58 Å². The highest BCUT2D eigenvalue weighted by molar-refractivity contribution is 4.81. The summed E-state index contributed by atoms with van der Waals surface area (Å²) >= 11 is 0. The molecule has 1 fully saturated rings. The number of aliphatic hydroxyl groups is 1. The van der Waals surface area contributed by atoms with Crippen LogP contribution in [0.2, 0.25) is 0 Å². The van der Waals surface area contributed by atoms with Crippen LogP contribution in [0.4, 0.5) is 0 Å². The van der Waals surface area contributed by atoms with Crippen molar-refractivity contribution in [2.24, 2.45) is 0 Å². The van der Waals surface area contributed by atoms with Crippen molar-refractivity contribution in [3.05, 3.63) is 12.7 Å². The van der Waals surface area contributed by atoms with Crippen molar-refractivity contribution in [2.45, 2.75) is 44.9 Å². The molecule has 0 aromatic heterocycles. The Balaban J connectivity index is 2.25. The molecule has 0 aromatic rings. The van der Waals surface area contributed by atoms with Gasteiger partial charge in [-0.3, -0.25) is 4.90 Å². The van der Waals surface area contributed by atoms with Crippen molar-refractivity contribution in [3.8, 4) is 0 Å². The van der Waals surface area contributed by atoms with Crippen LogP contribution >= 0.6 is 0 Å². The molecule has 0 bridgehead atoms. The minimum Gasteiger partial charge on any atom is -0.395 e. The van der Waals surface area contributed by atoms with Gasteiger partial charge in [0.05, 0.1) is 18.8 Å². The number of nitrogens with one attached hydrogen (secondary N) is 1. The maximum absolute atomic E-state index is 9.01. The van der Waals surface area contributed by atoms with Crippen LogP contribution in [-0.4, -0.2) is 61.0 Å². The van der Waals surface area contributed by atoms with Gasteiger partial charge in [0.15, 0.2) is 0 Å². The first-order chi connectivity index (χ1) is 8.65. The molecule has 2 unspecified atom stereocenters. The van der Waals surface area contributed by atoms with E-state index in [1.165, 1.54) is 0 Å². The van der Waals surface area contributed by atoms with Gasteiger partial charge in [-0.2, -0.15) is 0 Å². The third-order valence-corrected chi connectivity index (χ3v) is 3.21. The van der Waals surface area contributed by atoms with Gasteiger partial charge in [-0.1, -0.05) is 19.9 Å². The van der Waals surface area contributed by atoms with E-state index in [4.69, 9.17) is 9.84 Å². The van der Waals surface area contributed by atoms with E-state index in [9.17, 15) is 0 Å². The molecule has 0 spiro atoms. The Morgan fingerprint density at radius 1 is 1.44 bits per heavy atom. The van der Waals surface area contributed by atoms with Gasteiger partial charge in [-0.05, 0) is 12.8 Å². The zero-order valence-electron chi connectivity index (χ0n) is 11.8. The van der Waals surface area contributed by atoms with Crippen LogP contribution in [0.3, 0.4) is 0 Å². The highest BCUT2D eigenvalue weighted by atomic mass is 16.5. The molecule has 4 nitrogen and oxygen atoms in total. The fourth-order valence-corrected chi connectivity index (χ4v) is 2.30. The Hall–Kier alpha value is -0.420. The van der Waals surface area contributed by atoms with E-state index >= 15 is 0 Å². The van der Waals surface area contributed by atoms with Crippen molar-refractivity contribution in [3.63, 3.8) is 0 Å². The first kappa shape index (κ1) is 15.6. The third-order valence-electron chi connectivity index (χ3n) is 3.21. The van der Waals surface area contributed by atoms with E-state index in [-0.39, 0.29) is 6.61 Å². The lowest BCUT2D eigenvalue weighted by molar-refractivity contribution is 0.0221. The van der Waals surface area contributed by atoms with Crippen molar-refractivity contribution >= 4 is 0 Å². The number of nitrogens with zero attached hydrogens (tertiary/aromatic N) is 1. The zero-order valence-corrected chi connectivity index (χ0v) is 11.8. The van der Waals surface area contributed by atoms with Crippen molar-refractivity contribution < 1.29 is 9.84 Å². The second kappa shape index (κ2) is 8.64. The Morgan fingerprint density at radius 3 is 2.78 bits per heavy atom. The lowest BCUT2D eigenvalue weighted by Crippen LogP contribution is -2.36. The molecule has 1 rings (SSSR count). The van der Waals surface area contributed by atoms with Gasteiger partial charge in [0.25, 0.3) is 0 Å². The summed E-state index contributed by atoms with van der Waals surface area (Å²) in [6.07, 6.45) is 4.77. The fraction of sp³-hybridized carbons (Fsp3) is 0.857. The molecule has 0 radical (unpaired) electrons. The van der Waals surface area contributed by atoms with E-state index in [1.807, 2.05) is 6.08 Å². The summed E-state index contributed by atoms with van der Waals surface area (Å²) in [7, 11) is 0. The van der Waals surface area contributed by atoms with Crippen molar-refractivity contribution in [2.75, 3.05) is 32.8 Å². The second-order valence-electron chi connectivity index (χ2n) is 5.29. The lowest BCUT2D eigenvalue weighted by atomic mass is 10.2. The normalized spacial score (nSPS) is 24.1. The number of hydrogen-bond acceptors (Lipinski definition) is 4. The summed E-state index contributed by atoms with van der Waals surface area (Å²) in [4.78, 5) is 2.19. The molecular weight excluding hydrogens is 228 g/mol. The van der Waals surface area contributed by atoms with Crippen LogP contribution in [-0.2, 0) is 4.74 Å². The van der Waals surface area contributed by atoms with Crippen LogP contribution in [0.1, 0.15) is 26.7 Å². The molecular formula is C14H28N2O2. The average Bonchev–Trinajstić information content (AvgIpc) is 2.75. The summed E-state index contributed by atoms with van der Waals surface area (Å²) in [5.41, 5.74) is 0. The van der Waals surface area contributed by atoms with E-state index in [0.29, 0.717) is 24.8 Å². The summed E-state index contributed by atoms with van der Waals surface area (Å²) < 4.78 is 6.01. The van der Waals surface area contributed by atoms with Gasteiger partial charge in [0.2, 0.25) is 0 Å². The summed E-state index contributed by atoms with van der Waals surface area (Å²) in [5, 5.41) is 12.4. The van der Waals surface area contributed by atoms with E-state index in [0.717, 1.165) is 32.5 Å². The standard InChI is InChI=1S/C14H28N2O2/c1-4-7-16(8-9-17)11-14-6-5-13(18-14)10-15-12(2)3/h4,12-15,17H,1,5-11H2,2-3H3. The quantitative estimate of drug-likeness (QED) is 0.604. The highest BCUT2D eigenvalue weighted by Crippen LogP contribution is 2.20. The summed E-state index contributed by atoms with van der Waals surface area (Å²) in [6.45, 7) is 11.6. The molecule has 2 N–H and O–H groups in total. The van der Waals surface area contributed by atoms with Gasteiger partial charge in [0, 0.05) is 32.2 Å². The fourth-order valence-electron chi connectivity index (χ4n) is 2.30.